The zero-order valence-corrected chi connectivity index (χ0v) is 23.3. The van der Waals surface area contributed by atoms with Gasteiger partial charge in [-0.1, -0.05) is 39.0 Å². The van der Waals surface area contributed by atoms with Crippen molar-refractivity contribution in [3.8, 4) is 0 Å². The molecule has 10 heteroatoms. The number of nitrogens with one attached hydrogen (secondary N) is 3. The number of aryl methyl sites for hydroxylation is 1. The van der Waals surface area contributed by atoms with E-state index < -0.39 is 17.8 Å². The van der Waals surface area contributed by atoms with Crippen LogP contribution in [0.5, 0.6) is 0 Å². The molecule has 1 atom stereocenters. The Kier molecular flexibility index (Phi) is 9.21. The third-order valence-corrected chi connectivity index (χ3v) is 6.13. The lowest BCUT2D eigenvalue weighted by Crippen LogP contribution is -2.39. The zero-order chi connectivity index (χ0) is 28.7. The highest BCUT2D eigenvalue weighted by atomic mass is 16.7. The molecule has 4 aromatic rings. The molecule has 0 spiro atoms. The monoisotopic (exact) mass is 548 g/mol. The molecule has 0 unspecified atom stereocenters. The molecule has 2 aromatic carbocycles. The smallest absolute Gasteiger partial charge is 0.318 e. The lowest BCUT2D eigenvalue weighted by molar-refractivity contribution is -0.157. The molecule has 0 bridgehead atoms. The highest BCUT2D eigenvalue weighted by molar-refractivity contribution is 5.97. The number of aromatic amines is 1. The second-order valence-electron chi connectivity index (χ2n) is 10.9. The summed E-state index contributed by atoms with van der Waals surface area (Å²) in [6, 6.07) is 14.4. The van der Waals surface area contributed by atoms with Gasteiger partial charge in [0, 0.05) is 19.0 Å². The maximum atomic E-state index is 12.9. The van der Waals surface area contributed by atoms with Crippen molar-refractivity contribution < 1.29 is 23.6 Å². The van der Waals surface area contributed by atoms with Gasteiger partial charge in [0.05, 0.1) is 29.6 Å². The Morgan fingerprint density at radius 1 is 1.12 bits per heavy atom. The fourth-order valence-electron chi connectivity index (χ4n) is 4.17. The van der Waals surface area contributed by atoms with Crippen molar-refractivity contribution in [1.82, 2.24) is 15.4 Å². The van der Waals surface area contributed by atoms with Crippen LogP contribution in [0.2, 0.25) is 0 Å². The molecule has 0 radical (unpaired) electrons. The van der Waals surface area contributed by atoms with E-state index in [9.17, 15) is 14.4 Å². The van der Waals surface area contributed by atoms with Crippen molar-refractivity contribution in [2.75, 3.05) is 25.1 Å². The predicted molar refractivity (Wildman–Crippen MR) is 153 cm³/mol. The van der Waals surface area contributed by atoms with Gasteiger partial charge in [0.15, 0.2) is 5.43 Å². The number of carbonyl (C=O) groups is 2. The van der Waals surface area contributed by atoms with Crippen LogP contribution in [0.15, 0.2) is 57.7 Å². The number of ether oxygens (including phenoxy) is 1. The minimum Gasteiger partial charge on any atom is -0.465 e. The maximum Gasteiger partial charge on any atom is 0.318 e. The second kappa shape index (κ2) is 12.8. The normalized spacial score (nSPS) is 12.4. The Morgan fingerprint density at radius 3 is 2.67 bits per heavy atom. The number of hydrogen-bond donors (Lipinski definition) is 3. The molecule has 3 N–H and O–H groups in total. The number of imidazole rings is 1. The molecule has 2 heterocycles. The molecule has 212 valence electrons. The summed E-state index contributed by atoms with van der Waals surface area (Å²) in [5.74, 6) is -1.09. The molecule has 0 fully saturated rings. The van der Waals surface area contributed by atoms with Gasteiger partial charge in [0.2, 0.25) is 5.95 Å². The van der Waals surface area contributed by atoms with Crippen LogP contribution >= 0.6 is 0 Å². The first-order valence-corrected chi connectivity index (χ1v) is 13.5. The lowest BCUT2D eigenvalue weighted by atomic mass is 9.97. The molecule has 40 heavy (non-hydrogen) atoms. The topological polar surface area (TPSA) is 136 Å². The van der Waals surface area contributed by atoms with Crippen LogP contribution in [0.25, 0.3) is 22.0 Å². The van der Waals surface area contributed by atoms with Crippen LogP contribution in [0, 0.1) is 11.3 Å². The summed E-state index contributed by atoms with van der Waals surface area (Å²) in [6.07, 6.45) is 1.35. The Labute approximate surface area is 232 Å². The van der Waals surface area contributed by atoms with Gasteiger partial charge in [-0.3, -0.25) is 19.2 Å². The number of H-pyrrole nitrogens is 1. The number of esters is 1. The molecule has 2 aromatic heterocycles. The first kappa shape index (κ1) is 28.8. The third kappa shape index (κ3) is 7.69. The number of carbonyl (C=O) groups excluding carboxylic acids is 2. The van der Waals surface area contributed by atoms with E-state index >= 15 is 0 Å². The second-order valence-corrected chi connectivity index (χ2v) is 10.9. The molecule has 1 amide bonds. The predicted octanol–water partition coefficient (Wildman–Crippen LogP) is 4.53. The van der Waals surface area contributed by atoms with Crippen LogP contribution in [0.3, 0.4) is 0 Å². The summed E-state index contributed by atoms with van der Waals surface area (Å²) >= 11 is 0. The number of fused-ring (bicyclic) bond motifs is 2. The van der Waals surface area contributed by atoms with Gasteiger partial charge in [0.25, 0.3) is 5.91 Å². The van der Waals surface area contributed by atoms with Crippen molar-refractivity contribution in [3.63, 3.8) is 0 Å². The first-order chi connectivity index (χ1) is 19.1. The van der Waals surface area contributed by atoms with Crippen LogP contribution in [-0.2, 0) is 32.0 Å². The molecule has 0 aliphatic rings. The summed E-state index contributed by atoms with van der Waals surface area (Å²) in [5.41, 5.74) is 4.95. The highest BCUT2D eigenvalue weighted by Gasteiger charge is 2.29. The Balaban J connectivity index is 1.39. The fourth-order valence-corrected chi connectivity index (χ4v) is 4.17. The average molecular weight is 549 g/mol. The van der Waals surface area contributed by atoms with Crippen molar-refractivity contribution in [2.45, 2.75) is 47.0 Å². The number of benzene rings is 2. The van der Waals surface area contributed by atoms with Crippen molar-refractivity contribution >= 4 is 39.8 Å². The number of nitrogens with zero attached hydrogens (tertiary/aromatic N) is 1. The molecule has 0 aliphatic carbocycles. The van der Waals surface area contributed by atoms with Gasteiger partial charge >= 0.3 is 5.97 Å². The Bertz CT molecular complexity index is 1500. The van der Waals surface area contributed by atoms with Crippen molar-refractivity contribution in [1.29, 1.82) is 0 Å². The van der Waals surface area contributed by atoms with Gasteiger partial charge in [-0.25, -0.2) is 10.5 Å². The number of aromatic nitrogens is 2. The molecule has 10 nitrogen and oxygen atoms in total. The largest absolute Gasteiger partial charge is 0.465 e. The van der Waals surface area contributed by atoms with E-state index in [-0.39, 0.29) is 30.5 Å². The summed E-state index contributed by atoms with van der Waals surface area (Å²) in [7, 11) is 0. The highest BCUT2D eigenvalue weighted by Crippen LogP contribution is 2.20. The molecule has 4 rings (SSSR count). The van der Waals surface area contributed by atoms with E-state index in [2.05, 4.69) is 20.8 Å². The molecule has 0 saturated carbocycles. The van der Waals surface area contributed by atoms with Crippen LogP contribution in [-0.4, -0.2) is 41.6 Å². The summed E-state index contributed by atoms with van der Waals surface area (Å²) in [4.78, 5) is 51.3. The van der Waals surface area contributed by atoms with E-state index in [0.717, 1.165) is 17.5 Å². The SMILES string of the molecule is CCOC(=O)[C@@H](Cc1ccc2oc(CCCNc3nc4ccccc4[nH]3)cc(=O)c2c1)C(=O)NOCC(C)(C)C. The van der Waals surface area contributed by atoms with E-state index in [4.69, 9.17) is 14.0 Å². The van der Waals surface area contributed by atoms with E-state index in [0.29, 0.717) is 41.2 Å². The van der Waals surface area contributed by atoms with E-state index in [1.165, 1.54) is 6.07 Å². The van der Waals surface area contributed by atoms with E-state index in [1.807, 2.05) is 45.0 Å². The quantitative estimate of drug-likeness (QED) is 0.102. The number of hydroxylamine groups is 1. The average Bonchev–Trinajstić information content (AvgIpc) is 3.32. The number of para-hydroxylation sites is 2. The van der Waals surface area contributed by atoms with Gasteiger partial charge in [-0.05, 0) is 55.0 Å². The number of anilines is 1. The van der Waals surface area contributed by atoms with Gasteiger partial charge in [-0.2, -0.15) is 0 Å². The summed E-state index contributed by atoms with van der Waals surface area (Å²) in [6.45, 7) is 8.65. The van der Waals surface area contributed by atoms with Crippen LogP contribution in [0.4, 0.5) is 5.95 Å². The van der Waals surface area contributed by atoms with Crippen molar-refractivity contribution in [3.05, 3.63) is 70.1 Å². The summed E-state index contributed by atoms with van der Waals surface area (Å²) < 4.78 is 11.1. The number of rotatable bonds is 12. The number of hydrogen-bond acceptors (Lipinski definition) is 8. The summed E-state index contributed by atoms with van der Waals surface area (Å²) in [5, 5.41) is 3.65. The fraction of sp³-hybridized carbons (Fsp3) is 0.400. The lowest BCUT2D eigenvalue weighted by Gasteiger charge is -2.20. The third-order valence-electron chi connectivity index (χ3n) is 6.13. The van der Waals surface area contributed by atoms with Gasteiger partial charge in [0.1, 0.15) is 17.3 Å². The van der Waals surface area contributed by atoms with Crippen LogP contribution < -0.4 is 16.2 Å². The van der Waals surface area contributed by atoms with Crippen molar-refractivity contribution in [2.24, 2.45) is 11.3 Å². The number of amides is 1. The Hall–Kier alpha value is -4.18. The standard InChI is InChI=1S/C30H36N4O6/c1-5-38-28(37)22(27(36)34-39-18-30(2,3)4)16-19-12-13-26-21(15-19)25(35)17-20(40-26)9-8-14-31-29-32-23-10-6-7-11-24(23)33-29/h6-7,10-13,15,17,22H,5,8-9,14,16,18H2,1-4H3,(H,34,36)(H2,31,32,33)/t22-/m0/s1. The first-order valence-electron chi connectivity index (χ1n) is 13.5. The molecular weight excluding hydrogens is 512 g/mol. The minimum absolute atomic E-state index is 0.0497. The van der Waals surface area contributed by atoms with Gasteiger partial charge in [-0.15, -0.1) is 0 Å². The zero-order valence-electron chi connectivity index (χ0n) is 23.3. The molecular formula is C30H36N4O6. The minimum atomic E-state index is -1.12. The van der Waals surface area contributed by atoms with Gasteiger partial charge < -0.3 is 19.5 Å². The van der Waals surface area contributed by atoms with E-state index in [1.54, 1.807) is 25.1 Å². The maximum absolute atomic E-state index is 12.9. The Morgan fingerprint density at radius 2 is 1.93 bits per heavy atom. The van der Waals surface area contributed by atoms with Crippen LogP contribution in [0.1, 0.15) is 45.4 Å². The molecule has 0 saturated heterocycles. The molecule has 0 aliphatic heterocycles.